The van der Waals surface area contributed by atoms with Gasteiger partial charge in [0.05, 0.1) is 11.1 Å². The number of alkyl halides is 4. The van der Waals surface area contributed by atoms with E-state index >= 15 is 0 Å². The molecule has 2 atom stereocenters. The van der Waals surface area contributed by atoms with Gasteiger partial charge in [-0.1, -0.05) is 6.92 Å². The fraction of sp³-hybridized carbons (Fsp3) is 0.462. The van der Waals surface area contributed by atoms with Crippen molar-refractivity contribution in [3.8, 4) is 0 Å². The molecular weight excluding hydrogens is 358 g/mol. The summed E-state index contributed by atoms with van der Waals surface area (Å²) in [4.78, 5) is 12.0. The Hall–Kier alpha value is -0.750. The number of amides is 1. The lowest BCUT2D eigenvalue weighted by atomic mass is 10.0. The van der Waals surface area contributed by atoms with Gasteiger partial charge in [0.1, 0.15) is 0 Å². The van der Waals surface area contributed by atoms with Crippen LogP contribution in [-0.2, 0) is 6.18 Å². The second-order valence-electron chi connectivity index (χ2n) is 4.59. The van der Waals surface area contributed by atoms with Gasteiger partial charge in [0, 0.05) is 16.4 Å². The van der Waals surface area contributed by atoms with Crippen molar-refractivity contribution in [1.29, 1.82) is 0 Å². The van der Waals surface area contributed by atoms with Crippen LogP contribution in [0.15, 0.2) is 22.7 Å². The van der Waals surface area contributed by atoms with E-state index in [1.54, 1.807) is 6.92 Å². The van der Waals surface area contributed by atoms with E-state index in [9.17, 15) is 18.0 Å². The number of halogens is 5. The van der Waals surface area contributed by atoms with Crippen LogP contribution in [0.4, 0.5) is 13.2 Å². The third kappa shape index (κ3) is 4.38. The summed E-state index contributed by atoms with van der Waals surface area (Å²) in [6.07, 6.45) is -4.48. The molecule has 0 aliphatic heterocycles. The van der Waals surface area contributed by atoms with Crippen LogP contribution >= 0.6 is 27.5 Å². The van der Waals surface area contributed by atoms with Crippen molar-refractivity contribution in [2.24, 2.45) is 5.92 Å². The minimum atomic E-state index is -4.48. The first-order valence-corrected chi connectivity index (χ1v) is 7.23. The van der Waals surface area contributed by atoms with Crippen molar-refractivity contribution in [2.75, 3.05) is 5.88 Å². The van der Waals surface area contributed by atoms with E-state index in [2.05, 4.69) is 21.2 Å². The monoisotopic (exact) mass is 371 g/mol. The zero-order valence-electron chi connectivity index (χ0n) is 10.9. The molecule has 0 radical (unpaired) electrons. The highest BCUT2D eigenvalue weighted by atomic mass is 79.9. The second kappa shape index (κ2) is 6.80. The molecule has 1 N–H and O–H groups in total. The zero-order chi connectivity index (χ0) is 15.5. The molecule has 0 aliphatic rings. The molecule has 0 spiro atoms. The lowest BCUT2D eigenvalue weighted by Gasteiger charge is -2.20. The summed E-state index contributed by atoms with van der Waals surface area (Å²) >= 11 is 8.77. The summed E-state index contributed by atoms with van der Waals surface area (Å²) in [6.45, 7) is 3.60. The summed E-state index contributed by atoms with van der Waals surface area (Å²) in [5.74, 6) is -0.191. The molecule has 0 heterocycles. The number of hydrogen-bond acceptors (Lipinski definition) is 1. The normalized spacial score (nSPS) is 14.8. The van der Waals surface area contributed by atoms with E-state index in [-0.39, 0.29) is 17.5 Å². The third-order valence-corrected chi connectivity index (χ3v) is 4.17. The van der Waals surface area contributed by atoms with E-state index in [4.69, 9.17) is 11.6 Å². The van der Waals surface area contributed by atoms with E-state index in [1.807, 2.05) is 6.92 Å². The van der Waals surface area contributed by atoms with Crippen LogP contribution in [0, 0.1) is 5.92 Å². The molecular formula is C13H14BrClF3NO. The first-order chi connectivity index (χ1) is 9.16. The van der Waals surface area contributed by atoms with Crippen LogP contribution in [0.25, 0.3) is 0 Å². The Morgan fingerprint density at radius 3 is 2.50 bits per heavy atom. The smallest absolute Gasteiger partial charge is 0.349 e. The maximum Gasteiger partial charge on any atom is 0.416 e. The Labute approximate surface area is 128 Å². The molecule has 1 aromatic rings. The largest absolute Gasteiger partial charge is 0.416 e. The minimum Gasteiger partial charge on any atom is -0.349 e. The Morgan fingerprint density at radius 1 is 1.40 bits per heavy atom. The van der Waals surface area contributed by atoms with Gasteiger partial charge >= 0.3 is 6.18 Å². The van der Waals surface area contributed by atoms with E-state index in [0.717, 1.165) is 12.1 Å². The van der Waals surface area contributed by atoms with Crippen LogP contribution in [0.3, 0.4) is 0 Å². The van der Waals surface area contributed by atoms with Crippen LogP contribution in [0.2, 0.25) is 0 Å². The Balaban J connectivity index is 2.98. The molecule has 1 aromatic carbocycles. The van der Waals surface area contributed by atoms with E-state index in [0.29, 0.717) is 10.4 Å². The van der Waals surface area contributed by atoms with Crippen molar-refractivity contribution in [2.45, 2.75) is 26.1 Å². The molecule has 2 unspecified atom stereocenters. The molecule has 112 valence electrons. The highest BCUT2D eigenvalue weighted by Gasteiger charge is 2.31. The predicted molar refractivity (Wildman–Crippen MR) is 76.0 cm³/mol. The van der Waals surface area contributed by atoms with Gasteiger partial charge in [-0.25, -0.2) is 0 Å². The predicted octanol–water partition coefficient (Wildman–Crippen LogP) is 4.46. The topological polar surface area (TPSA) is 29.1 Å². The quantitative estimate of drug-likeness (QED) is 0.777. The number of carbonyl (C=O) groups is 1. The van der Waals surface area contributed by atoms with Gasteiger partial charge < -0.3 is 5.32 Å². The summed E-state index contributed by atoms with van der Waals surface area (Å²) in [5.41, 5.74) is -0.905. The van der Waals surface area contributed by atoms with Crippen LogP contribution in [0.5, 0.6) is 0 Å². The van der Waals surface area contributed by atoms with Gasteiger partial charge in [-0.3, -0.25) is 4.79 Å². The molecule has 0 aromatic heterocycles. The summed E-state index contributed by atoms with van der Waals surface area (Å²) < 4.78 is 38.2. The first-order valence-electron chi connectivity index (χ1n) is 5.90. The molecule has 0 saturated heterocycles. The SMILES string of the molecule is CC(CCl)C(C)NC(=O)c1cc(C(F)(F)F)ccc1Br. The fourth-order valence-electron chi connectivity index (χ4n) is 1.44. The lowest BCUT2D eigenvalue weighted by Crippen LogP contribution is -2.38. The second-order valence-corrected chi connectivity index (χ2v) is 5.75. The van der Waals surface area contributed by atoms with Crippen molar-refractivity contribution >= 4 is 33.4 Å². The van der Waals surface area contributed by atoms with Gasteiger partial charge in [-0.2, -0.15) is 13.2 Å². The molecule has 2 nitrogen and oxygen atoms in total. The average Bonchev–Trinajstić information content (AvgIpc) is 2.36. The molecule has 1 amide bonds. The van der Waals surface area contributed by atoms with Crippen LogP contribution in [0.1, 0.15) is 29.8 Å². The number of nitrogens with one attached hydrogen (secondary N) is 1. The Kier molecular flexibility index (Phi) is 5.89. The molecule has 7 heteroatoms. The molecule has 0 aliphatic carbocycles. The molecule has 1 rings (SSSR count). The number of hydrogen-bond donors (Lipinski definition) is 1. The van der Waals surface area contributed by atoms with Gasteiger partial charge in [-0.15, -0.1) is 11.6 Å². The maximum atomic E-state index is 12.6. The van der Waals surface area contributed by atoms with E-state index in [1.165, 1.54) is 6.07 Å². The zero-order valence-corrected chi connectivity index (χ0v) is 13.2. The minimum absolute atomic E-state index is 0.0187. The highest BCUT2D eigenvalue weighted by Crippen LogP contribution is 2.31. The lowest BCUT2D eigenvalue weighted by molar-refractivity contribution is -0.137. The summed E-state index contributed by atoms with van der Waals surface area (Å²) in [7, 11) is 0. The average molecular weight is 373 g/mol. The van der Waals surface area contributed by atoms with Gasteiger partial charge in [0.15, 0.2) is 0 Å². The molecule has 0 bridgehead atoms. The van der Waals surface area contributed by atoms with Gasteiger partial charge in [0.2, 0.25) is 0 Å². The summed E-state index contributed by atoms with van der Waals surface area (Å²) in [5, 5.41) is 2.65. The molecule has 0 fully saturated rings. The maximum absolute atomic E-state index is 12.6. The van der Waals surface area contributed by atoms with Crippen LogP contribution in [-0.4, -0.2) is 17.8 Å². The Morgan fingerprint density at radius 2 is 2.00 bits per heavy atom. The third-order valence-electron chi connectivity index (χ3n) is 2.99. The highest BCUT2D eigenvalue weighted by molar-refractivity contribution is 9.10. The summed E-state index contributed by atoms with van der Waals surface area (Å²) in [6, 6.07) is 2.73. The Bertz CT molecular complexity index is 493. The standard InChI is InChI=1S/C13H14BrClF3NO/c1-7(6-15)8(2)19-12(20)10-5-9(13(16,17)18)3-4-11(10)14/h3-5,7-8H,6H2,1-2H3,(H,19,20). The van der Waals surface area contributed by atoms with Crippen molar-refractivity contribution in [3.63, 3.8) is 0 Å². The van der Waals surface area contributed by atoms with E-state index < -0.39 is 17.6 Å². The number of benzene rings is 1. The van der Waals surface area contributed by atoms with Crippen molar-refractivity contribution in [3.05, 3.63) is 33.8 Å². The number of rotatable bonds is 4. The first kappa shape index (κ1) is 17.3. The molecule has 20 heavy (non-hydrogen) atoms. The molecule has 0 saturated carbocycles. The number of carbonyl (C=O) groups excluding carboxylic acids is 1. The fourth-order valence-corrected chi connectivity index (χ4v) is 2.13. The van der Waals surface area contributed by atoms with Gasteiger partial charge in [0.25, 0.3) is 5.91 Å². The van der Waals surface area contributed by atoms with Crippen LogP contribution < -0.4 is 5.32 Å². The van der Waals surface area contributed by atoms with Crippen molar-refractivity contribution < 1.29 is 18.0 Å². The van der Waals surface area contributed by atoms with Crippen molar-refractivity contribution in [1.82, 2.24) is 5.32 Å². The van der Waals surface area contributed by atoms with Gasteiger partial charge in [-0.05, 0) is 47.0 Å².